The van der Waals surface area contributed by atoms with Crippen LogP contribution in [0, 0.1) is 22.0 Å². The average Bonchev–Trinajstić information content (AvgIpc) is 2.59. The van der Waals surface area contributed by atoms with Crippen LogP contribution in [0.4, 0.5) is 5.69 Å². The molecular weight excluding hydrogens is 346 g/mol. The Hall–Kier alpha value is -2.81. The molecule has 1 aromatic carbocycles. The number of para-hydroxylation sites is 1. The molecule has 9 nitrogen and oxygen atoms in total. The van der Waals surface area contributed by atoms with E-state index >= 15 is 0 Å². The molecule has 1 aliphatic rings. The number of nitrogens with zero attached hydrogens (tertiary/aromatic N) is 1. The van der Waals surface area contributed by atoms with Crippen LogP contribution in [0.3, 0.4) is 0 Å². The number of carbonyl (C=O) groups is 3. The summed E-state index contributed by atoms with van der Waals surface area (Å²) >= 11 is 0. The first-order chi connectivity index (χ1) is 12.2. The highest BCUT2D eigenvalue weighted by Crippen LogP contribution is 2.48. The van der Waals surface area contributed by atoms with Crippen molar-refractivity contribution >= 4 is 23.4 Å². The van der Waals surface area contributed by atoms with Crippen molar-refractivity contribution < 1.29 is 33.9 Å². The Bertz CT molecular complexity index is 757. The number of esters is 2. The van der Waals surface area contributed by atoms with Crippen molar-refractivity contribution in [3.05, 3.63) is 39.9 Å². The lowest BCUT2D eigenvalue weighted by atomic mass is 9.61. The van der Waals surface area contributed by atoms with E-state index in [2.05, 4.69) is 4.74 Å². The van der Waals surface area contributed by atoms with Crippen LogP contribution in [0.15, 0.2) is 24.3 Å². The van der Waals surface area contributed by atoms with Crippen LogP contribution < -0.4 is 0 Å². The molecule has 1 saturated carbocycles. The van der Waals surface area contributed by atoms with Gasteiger partial charge >= 0.3 is 11.9 Å². The number of nitro groups is 1. The number of hydrogen-bond donors (Lipinski definition) is 1. The van der Waals surface area contributed by atoms with E-state index in [0.717, 1.165) is 14.2 Å². The monoisotopic (exact) mass is 365 g/mol. The Morgan fingerprint density at radius 3 is 2.35 bits per heavy atom. The molecule has 0 bridgehead atoms. The van der Waals surface area contributed by atoms with Crippen LogP contribution in [0.5, 0.6) is 0 Å². The van der Waals surface area contributed by atoms with Gasteiger partial charge in [0.05, 0.1) is 30.7 Å². The van der Waals surface area contributed by atoms with Crippen molar-refractivity contribution in [3.63, 3.8) is 0 Å². The van der Waals surface area contributed by atoms with Crippen LogP contribution in [-0.2, 0) is 23.9 Å². The van der Waals surface area contributed by atoms with Crippen LogP contribution >= 0.6 is 0 Å². The molecule has 1 N–H and O–H groups in total. The summed E-state index contributed by atoms with van der Waals surface area (Å²) in [5.41, 5.74) is -2.23. The average molecular weight is 365 g/mol. The van der Waals surface area contributed by atoms with Crippen LogP contribution in [0.25, 0.3) is 0 Å². The molecule has 0 amide bonds. The molecule has 1 fully saturated rings. The summed E-state index contributed by atoms with van der Waals surface area (Å²) in [5, 5.41) is 22.1. The van der Waals surface area contributed by atoms with Gasteiger partial charge in [0.1, 0.15) is 5.92 Å². The molecule has 0 aromatic heterocycles. The molecule has 1 aromatic rings. The number of ketones is 1. The fraction of sp³-hybridized carbons (Fsp3) is 0.471. The number of carbonyl (C=O) groups excluding carboxylic acids is 3. The Morgan fingerprint density at radius 2 is 1.81 bits per heavy atom. The van der Waals surface area contributed by atoms with Crippen molar-refractivity contribution in [1.29, 1.82) is 0 Å². The van der Waals surface area contributed by atoms with Gasteiger partial charge in [-0.05, 0) is 6.92 Å². The fourth-order valence-corrected chi connectivity index (χ4v) is 3.58. The van der Waals surface area contributed by atoms with Crippen molar-refractivity contribution in [2.45, 2.75) is 24.9 Å². The Kier molecular flexibility index (Phi) is 5.41. The lowest BCUT2D eigenvalue weighted by Gasteiger charge is -2.43. The smallest absolute Gasteiger partial charge is 0.316 e. The van der Waals surface area contributed by atoms with Gasteiger partial charge in [0.2, 0.25) is 0 Å². The molecule has 2 rings (SSSR count). The summed E-state index contributed by atoms with van der Waals surface area (Å²) in [4.78, 5) is 48.0. The largest absolute Gasteiger partial charge is 0.469 e. The maximum atomic E-state index is 12.5. The molecule has 0 heterocycles. The highest BCUT2D eigenvalue weighted by molar-refractivity contribution is 6.03. The Morgan fingerprint density at radius 1 is 1.23 bits per heavy atom. The molecule has 0 unspecified atom stereocenters. The number of methoxy groups -OCH3 is 2. The summed E-state index contributed by atoms with van der Waals surface area (Å²) in [6.45, 7) is 1.27. The van der Waals surface area contributed by atoms with E-state index in [4.69, 9.17) is 4.74 Å². The molecule has 0 aliphatic heterocycles. The number of aliphatic hydroxyl groups is 1. The number of rotatable bonds is 4. The van der Waals surface area contributed by atoms with Crippen molar-refractivity contribution in [3.8, 4) is 0 Å². The first kappa shape index (κ1) is 19.5. The van der Waals surface area contributed by atoms with Gasteiger partial charge in [-0.3, -0.25) is 24.5 Å². The van der Waals surface area contributed by atoms with Gasteiger partial charge in [0, 0.05) is 24.0 Å². The van der Waals surface area contributed by atoms with Crippen molar-refractivity contribution in [1.82, 2.24) is 0 Å². The zero-order valence-electron chi connectivity index (χ0n) is 14.5. The second kappa shape index (κ2) is 7.20. The molecule has 0 radical (unpaired) electrons. The Balaban J connectivity index is 2.76. The van der Waals surface area contributed by atoms with Crippen LogP contribution in [0.2, 0.25) is 0 Å². The van der Waals surface area contributed by atoms with Gasteiger partial charge in [-0.1, -0.05) is 18.2 Å². The second-order valence-corrected chi connectivity index (χ2v) is 6.34. The van der Waals surface area contributed by atoms with Gasteiger partial charge in [-0.25, -0.2) is 0 Å². The van der Waals surface area contributed by atoms with E-state index in [0.29, 0.717) is 0 Å². The summed E-state index contributed by atoms with van der Waals surface area (Å²) in [7, 11) is 2.17. The fourth-order valence-electron chi connectivity index (χ4n) is 3.58. The highest BCUT2D eigenvalue weighted by Gasteiger charge is 2.58. The third-order valence-electron chi connectivity index (χ3n) is 4.67. The van der Waals surface area contributed by atoms with Crippen molar-refractivity contribution in [2.24, 2.45) is 11.8 Å². The lowest BCUT2D eigenvalue weighted by molar-refractivity contribution is -0.385. The normalized spacial score (nSPS) is 28.3. The molecule has 0 saturated heterocycles. The number of Topliss-reactive ketones (excluding diaryl/α,β-unsaturated/α-hetero) is 1. The molecule has 4 atom stereocenters. The minimum Gasteiger partial charge on any atom is -0.469 e. The standard InChI is InChI=1S/C17H19NO8/c1-17(22)8-11(19)13(15(20)25-2)12(14(17)16(21)26-3)9-6-4-5-7-10(9)18(23)24/h4-7,12-14,22H,8H2,1-3H3/t12-,13+,14+,17+/m1/s1. The predicted octanol–water partition coefficient (Wildman–Crippen LogP) is 0.981. The molecule has 140 valence electrons. The first-order valence-electron chi connectivity index (χ1n) is 7.79. The number of benzene rings is 1. The quantitative estimate of drug-likeness (QED) is 0.361. The third kappa shape index (κ3) is 3.30. The second-order valence-electron chi connectivity index (χ2n) is 6.34. The zero-order valence-corrected chi connectivity index (χ0v) is 14.5. The highest BCUT2D eigenvalue weighted by atomic mass is 16.6. The summed E-state index contributed by atoms with van der Waals surface area (Å²) in [6.07, 6.45) is -0.482. The first-order valence-corrected chi connectivity index (χ1v) is 7.79. The summed E-state index contributed by atoms with van der Waals surface area (Å²) in [6, 6.07) is 5.46. The van der Waals surface area contributed by atoms with Gasteiger partial charge < -0.3 is 14.6 Å². The molecule has 0 spiro atoms. The van der Waals surface area contributed by atoms with E-state index in [-0.39, 0.29) is 11.3 Å². The summed E-state index contributed by atoms with van der Waals surface area (Å²) in [5.74, 6) is -6.60. The van der Waals surface area contributed by atoms with Gasteiger partial charge in [0.15, 0.2) is 5.78 Å². The maximum Gasteiger partial charge on any atom is 0.316 e. The predicted molar refractivity (Wildman–Crippen MR) is 87.1 cm³/mol. The van der Waals surface area contributed by atoms with E-state index < -0.39 is 52.4 Å². The van der Waals surface area contributed by atoms with Gasteiger partial charge in [-0.15, -0.1) is 0 Å². The Labute approximate surface area is 149 Å². The summed E-state index contributed by atoms with van der Waals surface area (Å²) < 4.78 is 9.42. The molecule has 26 heavy (non-hydrogen) atoms. The van der Waals surface area contributed by atoms with E-state index in [1.807, 2.05) is 0 Å². The third-order valence-corrected chi connectivity index (χ3v) is 4.67. The zero-order chi connectivity index (χ0) is 19.6. The topological polar surface area (TPSA) is 133 Å². The molecule has 1 aliphatic carbocycles. The molecule has 9 heteroatoms. The van der Waals surface area contributed by atoms with E-state index in [1.165, 1.54) is 31.2 Å². The number of nitro benzene ring substituents is 1. The minimum atomic E-state index is -1.84. The van der Waals surface area contributed by atoms with Gasteiger partial charge in [0.25, 0.3) is 5.69 Å². The van der Waals surface area contributed by atoms with Crippen LogP contribution in [0.1, 0.15) is 24.8 Å². The van der Waals surface area contributed by atoms with Gasteiger partial charge in [-0.2, -0.15) is 0 Å². The molecular formula is C17H19NO8. The van der Waals surface area contributed by atoms with E-state index in [9.17, 15) is 29.6 Å². The maximum absolute atomic E-state index is 12.5. The number of ether oxygens (including phenoxy) is 2. The minimum absolute atomic E-state index is 0.0170. The number of hydrogen-bond acceptors (Lipinski definition) is 8. The lowest BCUT2D eigenvalue weighted by Crippen LogP contribution is -2.55. The van der Waals surface area contributed by atoms with Crippen molar-refractivity contribution in [2.75, 3.05) is 14.2 Å². The van der Waals surface area contributed by atoms with Crippen LogP contribution in [-0.4, -0.2) is 47.6 Å². The van der Waals surface area contributed by atoms with E-state index in [1.54, 1.807) is 0 Å². The SMILES string of the molecule is COC(=O)[C@H]1C(=O)C[C@](C)(O)[C@H](C(=O)OC)[C@@H]1c1ccccc1[N+](=O)[O-].